The molecule has 1 aliphatic heterocycles. The molecule has 0 amide bonds. The van der Waals surface area contributed by atoms with Gasteiger partial charge in [0.2, 0.25) is 0 Å². The molecule has 0 aliphatic carbocycles. The fraction of sp³-hybridized carbons (Fsp3) is 1.00. The molecule has 5 atom stereocenters. The smallest absolute Gasteiger partial charge is 0.186 e. The maximum absolute atomic E-state index is 9.70. The second-order valence-corrected chi connectivity index (χ2v) is 5.55. The summed E-state index contributed by atoms with van der Waals surface area (Å²) in [6, 6.07) is 0. The highest BCUT2D eigenvalue weighted by atomic mass is 32.2. The molecule has 0 spiro atoms. The van der Waals surface area contributed by atoms with Gasteiger partial charge in [-0.15, -0.1) is 0 Å². The van der Waals surface area contributed by atoms with Gasteiger partial charge in [-0.1, -0.05) is 0 Å². The van der Waals surface area contributed by atoms with Crippen LogP contribution in [0.1, 0.15) is 6.42 Å². The Kier molecular flexibility index (Phi) is 8.19. The summed E-state index contributed by atoms with van der Waals surface area (Å²) < 4.78 is 10.5. The van der Waals surface area contributed by atoms with Gasteiger partial charge in [0.1, 0.15) is 24.4 Å². The third kappa shape index (κ3) is 5.16. The van der Waals surface area contributed by atoms with Crippen molar-refractivity contribution in [2.24, 2.45) is 5.73 Å². The van der Waals surface area contributed by atoms with Crippen molar-refractivity contribution in [2.45, 2.75) is 37.1 Å². The Balaban J connectivity index is 2.28. The highest BCUT2D eigenvalue weighted by Crippen LogP contribution is 2.22. The van der Waals surface area contributed by atoms with Crippen molar-refractivity contribution in [1.29, 1.82) is 0 Å². The van der Waals surface area contributed by atoms with E-state index in [-0.39, 0.29) is 0 Å². The number of ether oxygens (including phenoxy) is 2. The lowest BCUT2D eigenvalue weighted by Crippen LogP contribution is -2.59. The molecule has 7 nitrogen and oxygen atoms in total. The van der Waals surface area contributed by atoms with Crippen LogP contribution in [0.4, 0.5) is 0 Å². The Morgan fingerprint density at radius 3 is 2.47 bits per heavy atom. The first-order valence-electron chi connectivity index (χ1n) is 6.31. The van der Waals surface area contributed by atoms with Gasteiger partial charge in [0, 0.05) is 12.3 Å². The highest BCUT2D eigenvalue weighted by molar-refractivity contribution is 7.99. The molecule has 19 heavy (non-hydrogen) atoms. The molecular formula is C11H23NO6S. The lowest BCUT2D eigenvalue weighted by molar-refractivity contribution is -0.300. The molecule has 0 aromatic heterocycles. The first kappa shape index (κ1) is 17.1. The van der Waals surface area contributed by atoms with E-state index in [1.165, 1.54) is 0 Å². The van der Waals surface area contributed by atoms with E-state index in [4.69, 9.17) is 20.3 Å². The van der Waals surface area contributed by atoms with Gasteiger partial charge < -0.3 is 35.6 Å². The molecule has 0 aromatic carbocycles. The minimum absolute atomic E-state index is 0.361. The number of aliphatic hydroxyl groups excluding tert-OH is 4. The summed E-state index contributed by atoms with van der Waals surface area (Å²) in [6.07, 6.45) is -5.25. The molecule has 1 saturated heterocycles. The molecule has 1 fully saturated rings. The molecule has 0 saturated carbocycles. The Morgan fingerprint density at radius 1 is 1.11 bits per heavy atom. The van der Waals surface area contributed by atoms with E-state index in [1.54, 1.807) is 11.8 Å². The van der Waals surface area contributed by atoms with E-state index in [0.29, 0.717) is 13.2 Å². The van der Waals surface area contributed by atoms with Gasteiger partial charge in [0.15, 0.2) is 6.29 Å². The monoisotopic (exact) mass is 297 g/mol. The van der Waals surface area contributed by atoms with Gasteiger partial charge >= 0.3 is 0 Å². The SMILES string of the molecule is NCCSCCCO[C@H]1OC(CO)[C@@H](O)[C@H](O)C1O. The van der Waals surface area contributed by atoms with Gasteiger partial charge in [0.25, 0.3) is 0 Å². The fourth-order valence-corrected chi connectivity index (χ4v) is 2.44. The summed E-state index contributed by atoms with van der Waals surface area (Å²) in [6.45, 7) is 0.551. The largest absolute Gasteiger partial charge is 0.394 e. The van der Waals surface area contributed by atoms with Crippen LogP contribution in [-0.2, 0) is 9.47 Å². The molecule has 1 heterocycles. The third-order valence-corrected chi connectivity index (χ3v) is 3.93. The molecular weight excluding hydrogens is 274 g/mol. The predicted molar refractivity (Wildman–Crippen MR) is 70.7 cm³/mol. The standard InChI is InChI=1S/C11H23NO6S/c12-2-5-19-4-1-3-17-11-10(16)9(15)8(14)7(6-13)18-11/h7-11,13-16H,1-6,12H2/t7?,8-,9+,10?,11+/m1/s1. The highest BCUT2D eigenvalue weighted by Gasteiger charge is 2.43. The average molecular weight is 297 g/mol. The van der Waals surface area contributed by atoms with Crippen LogP contribution in [0.5, 0.6) is 0 Å². The van der Waals surface area contributed by atoms with Gasteiger partial charge in [-0.2, -0.15) is 11.8 Å². The van der Waals surface area contributed by atoms with Crippen molar-refractivity contribution >= 4 is 11.8 Å². The number of rotatable bonds is 8. The number of thioether (sulfide) groups is 1. The molecule has 114 valence electrons. The van der Waals surface area contributed by atoms with E-state index < -0.39 is 37.3 Å². The predicted octanol–water partition coefficient (Wildman–Crippen LogP) is -2.12. The number of aliphatic hydroxyl groups is 4. The molecule has 0 bridgehead atoms. The van der Waals surface area contributed by atoms with Gasteiger partial charge in [-0.05, 0) is 12.2 Å². The van der Waals surface area contributed by atoms with Crippen molar-refractivity contribution in [1.82, 2.24) is 0 Å². The van der Waals surface area contributed by atoms with Crippen LogP contribution in [0.15, 0.2) is 0 Å². The Hall–Kier alpha value is 0.0700. The van der Waals surface area contributed by atoms with Crippen molar-refractivity contribution in [3.8, 4) is 0 Å². The van der Waals surface area contributed by atoms with Crippen LogP contribution >= 0.6 is 11.8 Å². The van der Waals surface area contributed by atoms with Crippen LogP contribution < -0.4 is 5.73 Å². The van der Waals surface area contributed by atoms with Gasteiger partial charge in [-0.3, -0.25) is 0 Å². The molecule has 0 aromatic rings. The number of nitrogens with two attached hydrogens (primary N) is 1. The summed E-state index contributed by atoms with van der Waals surface area (Å²) in [5.41, 5.74) is 5.36. The van der Waals surface area contributed by atoms with E-state index in [1.807, 2.05) is 0 Å². The van der Waals surface area contributed by atoms with Gasteiger partial charge in [-0.25, -0.2) is 0 Å². The van der Waals surface area contributed by atoms with Gasteiger partial charge in [0.05, 0.1) is 13.2 Å². The van der Waals surface area contributed by atoms with Crippen LogP contribution in [-0.4, -0.2) is 82.4 Å². The molecule has 2 unspecified atom stereocenters. The summed E-state index contributed by atoms with van der Waals surface area (Å²) in [7, 11) is 0. The lowest BCUT2D eigenvalue weighted by Gasteiger charge is -2.39. The maximum Gasteiger partial charge on any atom is 0.186 e. The van der Waals surface area contributed by atoms with Crippen LogP contribution in [0.3, 0.4) is 0 Å². The topological polar surface area (TPSA) is 125 Å². The van der Waals surface area contributed by atoms with Crippen LogP contribution in [0.2, 0.25) is 0 Å². The number of hydrogen-bond acceptors (Lipinski definition) is 8. The molecule has 1 aliphatic rings. The first-order chi connectivity index (χ1) is 9.11. The van der Waals surface area contributed by atoms with E-state index in [2.05, 4.69) is 0 Å². The molecule has 8 heteroatoms. The van der Waals surface area contributed by atoms with Crippen LogP contribution in [0, 0.1) is 0 Å². The molecule has 6 N–H and O–H groups in total. The van der Waals surface area contributed by atoms with Crippen molar-refractivity contribution < 1.29 is 29.9 Å². The minimum atomic E-state index is -1.39. The Morgan fingerprint density at radius 2 is 1.84 bits per heavy atom. The lowest BCUT2D eigenvalue weighted by atomic mass is 9.99. The second-order valence-electron chi connectivity index (χ2n) is 4.32. The van der Waals surface area contributed by atoms with E-state index in [9.17, 15) is 15.3 Å². The first-order valence-corrected chi connectivity index (χ1v) is 7.47. The summed E-state index contributed by atoms with van der Waals surface area (Å²) in [5, 5.41) is 37.8. The molecule has 1 rings (SSSR count). The van der Waals surface area contributed by atoms with Crippen LogP contribution in [0.25, 0.3) is 0 Å². The Bertz CT molecular complexity index is 245. The van der Waals surface area contributed by atoms with E-state index in [0.717, 1.165) is 17.9 Å². The maximum atomic E-state index is 9.70. The minimum Gasteiger partial charge on any atom is -0.394 e. The zero-order valence-corrected chi connectivity index (χ0v) is 11.5. The second kappa shape index (κ2) is 9.09. The summed E-state index contributed by atoms with van der Waals surface area (Å²) in [4.78, 5) is 0. The Labute approximate surface area is 116 Å². The van der Waals surface area contributed by atoms with Crippen molar-refractivity contribution in [3.63, 3.8) is 0 Å². The molecule has 0 radical (unpaired) electrons. The quantitative estimate of drug-likeness (QED) is 0.322. The normalized spacial score (nSPS) is 35.5. The van der Waals surface area contributed by atoms with Crippen molar-refractivity contribution in [3.05, 3.63) is 0 Å². The third-order valence-electron chi connectivity index (χ3n) is 2.83. The number of hydrogen-bond donors (Lipinski definition) is 5. The zero-order chi connectivity index (χ0) is 14.3. The zero-order valence-electron chi connectivity index (χ0n) is 10.7. The summed E-state index contributed by atoms with van der Waals surface area (Å²) in [5.74, 6) is 1.77. The average Bonchev–Trinajstić information content (AvgIpc) is 2.42. The van der Waals surface area contributed by atoms with Crippen molar-refractivity contribution in [2.75, 3.05) is 31.3 Å². The summed E-state index contributed by atoms with van der Waals surface area (Å²) >= 11 is 1.71. The van der Waals surface area contributed by atoms with E-state index >= 15 is 0 Å². The fourth-order valence-electron chi connectivity index (χ4n) is 1.75.